The van der Waals surface area contributed by atoms with Gasteiger partial charge >= 0.3 is 0 Å². The lowest BCUT2D eigenvalue weighted by molar-refractivity contribution is -0.117. The first-order chi connectivity index (χ1) is 13.1. The lowest BCUT2D eigenvalue weighted by atomic mass is 10.0. The number of benzene rings is 2. The van der Waals surface area contributed by atoms with Crippen molar-refractivity contribution < 1.29 is 18.7 Å². The van der Waals surface area contributed by atoms with Gasteiger partial charge in [-0.15, -0.1) is 0 Å². The monoisotopic (exact) mass is 373 g/mol. The highest BCUT2D eigenvalue weighted by molar-refractivity contribution is 5.96. The fraction of sp³-hybridized carbons (Fsp3) is 0.350. The second-order valence-corrected chi connectivity index (χ2v) is 6.19. The zero-order chi connectivity index (χ0) is 19.2. The molecule has 3 rings (SSSR count). The zero-order valence-electron chi connectivity index (χ0n) is 15.4. The SMILES string of the molecule is CCOc1ccc(OCC)c(NC(=O)C2CC(c3ccc(F)cc3)NN2)c1. The van der Waals surface area contributed by atoms with Gasteiger partial charge in [-0.05, 0) is 50.1 Å². The quantitative estimate of drug-likeness (QED) is 0.695. The highest BCUT2D eigenvalue weighted by Crippen LogP contribution is 2.30. The number of rotatable bonds is 7. The smallest absolute Gasteiger partial charge is 0.243 e. The standard InChI is InChI=1S/C20H24FN3O3/c1-3-26-15-9-10-19(27-4-2)17(11-15)22-20(25)18-12-16(23-24-18)13-5-7-14(21)8-6-13/h5-11,16,18,23-24H,3-4,12H2,1-2H3,(H,22,25). The van der Waals surface area contributed by atoms with E-state index < -0.39 is 6.04 Å². The van der Waals surface area contributed by atoms with Crippen molar-refractivity contribution in [3.8, 4) is 11.5 Å². The Hall–Kier alpha value is -2.64. The summed E-state index contributed by atoms with van der Waals surface area (Å²) in [7, 11) is 0. The summed E-state index contributed by atoms with van der Waals surface area (Å²) < 4.78 is 24.2. The van der Waals surface area contributed by atoms with Crippen molar-refractivity contribution in [3.05, 3.63) is 53.8 Å². The lowest BCUT2D eigenvalue weighted by Gasteiger charge is -2.15. The first-order valence-corrected chi connectivity index (χ1v) is 9.07. The predicted molar refractivity (Wildman–Crippen MR) is 101 cm³/mol. The van der Waals surface area contributed by atoms with Crippen LogP contribution in [0, 0.1) is 5.82 Å². The minimum Gasteiger partial charge on any atom is -0.494 e. The molecule has 1 aliphatic heterocycles. The summed E-state index contributed by atoms with van der Waals surface area (Å²) in [6.07, 6.45) is 0.548. The van der Waals surface area contributed by atoms with Crippen LogP contribution in [0.25, 0.3) is 0 Å². The van der Waals surface area contributed by atoms with Gasteiger partial charge in [0.1, 0.15) is 23.4 Å². The van der Waals surface area contributed by atoms with E-state index in [1.165, 1.54) is 12.1 Å². The van der Waals surface area contributed by atoms with Crippen molar-refractivity contribution in [2.45, 2.75) is 32.4 Å². The van der Waals surface area contributed by atoms with Gasteiger partial charge < -0.3 is 14.8 Å². The predicted octanol–water partition coefficient (Wildman–Crippen LogP) is 3.17. The van der Waals surface area contributed by atoms with Gasteiger partial charge in [0.25, 0.3) is 0 Å². The van der Waals surface area contributed by atoms with E-state index >= 15 is 0 Å². The van der Waals surface area contributed by atoms with Gasteiger partial charge in [0.05, 0.1) is 18.9 Å². The molecule has 1 fully saturated rings. The van der Waals surface area contributed by atoms with Crippen LogP contribution in [0.3, 0.4) is 0 Å². The molecule has 0 bridgehead atoms. The number of carbonyl (C=O) groups is 1. The Kier molecular flexibility index (Phi) is 6.26. The molecule has 6 nitrogen and oxygen atoms in total. The van der Waals surface area contributed by atoms with Crippen LogP contribution >= 0.6 is 0 Å². The highest BCUT2D eigenvalue weighted by atomic mass is 19.1. The highest BCUT2D eigenvalue weighted by Gasteiger charge is 2.30. The van der Waals surface area contributed by atoms with Gasteiger partial charge in [-0.25, -0.2) is 15.2 Å². The molecule has 3 N–H and O–H groups in total. The van der Waals surface area contributed by atoms with Crippen molar-refractivity contribution in [2.24, 2.45) is 0 Å². The lowest BCUT2D eigenvalue weighted by Crippen LogP contribution is -2.39. The van der Waals surface area contributed by atoms with Gasteiger partial charge in [-0.3, -0.25) is 4.79 Å². The van der Waals surface area contributed by atoms with Crippen LogP contribution in [0.5, 0.6) is 11.5 Å². The van der Waals surface area contributed by atoms with Crippen LogP contribution in [-0.4, -0.2) is 25.2 Å². The summed E-state index contributed by atoms with van der Waals surface area (Å²) in [5.41, 5.74) is 7.59. The fourth-order valence-electron chi connectivity index (χ4n) is 3.01. The molecule has 2 aromatic rings. The maximum atomic E-state index is 13.1. The first-order valence-electron chi connectivity index (χ1n) is 9.07. The van der Waals surface area contributed by atoms with E-state index in [2.05, 4.69) is 16.2 Å². The van der Waals surface area contributed by atoms with Gasteiger partial charge in [-0.1, -0.05) is 12.1 Å². The molecule has 0 saturated carbocycles. The molecule has 0 aromatic heterocycles. The Bertz CT molecular complexity index is 783. The molecule has 27 heavy (non-hydrogen) atoms. The Morgan fingerprint density at radius 2 is 1.85 bits per heavy atom. The largest absolute Gasteiger partial charge is 0.494 e. The third kappa shape index (κ3) is 4.75. The molecular weight excluding hydrogens is 349 g/mol. The number of anilines is 1. The third-order valence-electron chi connectivity index (χ3n) is 4.31. The minimum atomic E-state index is -0.426. The average molecular weight is 373 g/mol. The molecular formula is C20H24FN3O3. The van der Waals surface area contributed by atoms with E-state index in [0.29, 0.717) is 36.8 Å². The van der Waals surface area contributed by atoms with Gasteiger partial charge in [0, 0.05) is 12.1 Å². The number of carbonyl (C=O) groups excluding carboxylic acids is 1. The molecule has 1 heterocycles. The van der Waals surface area contributed by atoms with Crippen molar-refractivity contribution in [1.82, 2.24) is 10.9 Å². The molecule has 1 saturated heterocycles. The summed E-state index contributed by atoms with van der Waals surface area (Å²) in [4.78, 5) is 12.7. The van der Waals surface area contributed by atoms with Crippen LogP contribution in [0.15, 0.2) is 42.5 Å². The molecule has 0 aliphatic carbocycles. The Labute approximate surface area is 158 Å². The number of hydrogen-bond donors (Lipinski definition) is 3. The second-order valence-electron chi connectivity index (χ2n) is 6.19. The topological polar surface area (TPSA) is 71.6 Å². The molecule has 7 heteroatoms. The van der Waals surface area contributed by atoms with Gasteiger partial charge in [0.2, 0.25) is 5.91 Å². The molecule has 0 radical (unpaired) electrons. The van der Waals surface area contributed by atoms with E-state index in [0.717, 1.165) is 5.56 Å². The van der Waals surface area contributed by atoms with Crippen molar-refractivity contribution >= 4 is 11.6 Å². The molecule has 1 aliphatic rings. The normalized spacial score (nSPS) is 18.9. The third-order valence-corrected chi connectivity index (χ3v) is 4.31. The maximum absolute atomic E-state index is 13.1. The van der Waals surface area contributed by atoms with Crippen LogP contribution in [0.1, 0.15) is 31.9 Å². The van der Waals surface area contributed by atoms with E-state index in [1.54, 1.807) is 24.3 Å². The average Bonchev–Trinajstić information content (AvgIpc) is 3.15. The molecule has 2 atom stereocenters. The fourth-order valence-corrected chi connectivity index (χ4v) is 3.01. The van der Waals surface area contributed by atoms with Crippen LogP contribution in [-0.2, 0) is 4.79 Å². The maximum Gasteiger partial charge on any atom is 0.243 e. The van der Waals surface area contributed by atoms with E-state index in [9.17, 15) is 9.18 Å². The van der Waals surface area contributed by atoms with Gasteiger partial charge in [0.15, 0.2) is 0 Å². The van der Waals surface area contributed by atoms with Crippen molar-refractivity contribution in [1.29, 1.82) is 0 Å². The molecule has 1 amide bonds. The summed E-state index contributed by atoms with van der Waals surface area (Å²) in [5, 5.41) is 2.91. The molecule has 2 unspecified atom stereocenters. The number of amides is 1. The second kappa shape index (κ2) is 8.83. The summed E-state index contributed by atoms with van der Waals surface area (Å²) >= 11 is 0. The van der Waals surface area contributed by atoms with Crippen molar-refractivity contribution in [3.63, 3.8) is 0 Å². The van der Waals surface area contributed by atoms with Crippen LogP contribution < -0.4 is 25.6 Å². The minimum absolute atomic E-state index is 0.0672. The van der Waals surface area contributed by atoms with E-state index in [-0.39, 0.29) is 17.8 Å². The molecule has 0 spiro atoms. The Morgan fingerprint density at radius 3 is 2.56 bits per heavy atom. The summed E-state index contributed by atoms with van der Waals surface area (Å²) in [5.74, 6) is 0.798. The Morgan fingerprint density at radius 1 is 1.11 bits per heavy atom. The van der Waals surface area contributed by atoms with E-state index in [4.69, 9.17) is 9.47 Å². The van der Waals surface area contributed by atoms with Crippen LogP contribution in [0.4, 0.5) is 10.1 Å². The summed E-state index contributed by atoms with van der Waals surface area (Å²) in [6.45, 7) is 4.82. The number of ether oxygens (including phenoxy) is 2. The summed E-state index contributed by atoms with van der Waals surface area (Å²) in [6, 6.07) is 11.1. The molecule has 2 aromatic carbocycles. The Balaban J connectivity index is 1.68. The number of halogens is 1. The zero-order valence-corrected chi connectivity index (χ0v) is 15.4. The van der Waals surface area contributed by atoms with Crippen molar-refractivity contribution in [2.75, 3.05) is 18.5 Å². The number of hydrogen-bond acceptors (Lipinski definition) is 5. The first kappa shape index (κ1) is 19.1. The van der Waals surface area contributed by atoms with Crippen LogP contribution in [0.2, 0.25) is 0 Å². The number of hydrazine groups is 1. The van der Waals surface area contributed by atoms with Gasteiger partial charge in [-0.2, -0.15) is 0 Å². The molecule has 144 valence electrons. The van der Waals surface area contributed by atoms with E-state index in [1.807, 2.05) is 19.9 Å². The number of nitrogens with one attached hydrogen (secondary N) is 3.